The topological polar surface area (TPSA) is 66.2 Å². The van der Waals surface area contributed by atoms with E-state index >= 15 is 0 Å². The average Bonchev–Trinajstić information content (AvgIpc) is 2.45. The molecule has 0 aromatic heterocycles. The Morgan fingerprint density at radius 1 is 1.18 bits per heavy atom. The van der Waals surface area contributed by atoms with E-state index in [-0.39, 0.29) is 35.1 Å². The van der Waals surface area contributed by atoms with E-state index in [1.807, 2.05) is 31.2 Å². The summed E-state index contributed by atoms with van der Waals surface area (Å²) in [5.74, 6) is -2.05. The van der Waals surface area contributed by atoms with Crippen molar-refractivity contribution in [1.29, 1.82) is 0 Å². The normalized spacial score (nSPS) is 11.4. The molecule has 0 heterocycles. The first-order chi connectivity index (χ1) is 9.88. The fourth-order valence-electron chi connectivity index (χ4n) is 1.93. The van der Waals surface area contributed by atoms with Crippen molar-refractivity contribution in [1.82, 2.24) is 0 Å². The number of halogens is 1. The predicted octanol–water partition coefficient (Wildman–Crippen LogP) is -1.35. The summed E-state index contributed by atoms with van der Waals surface area (Å²) in [5, 5.41) is 10.8. The zero-order valence-corrected chi connectivity index (χ0v) is 15.1. The Labute approximate surface area is 155 Å². The van der Waals surface area contributed by atoms with Crippen LogP contribution in [0.15, 0.2) is 42.5 Å². The van der Waals surface area contributed by atoms with Gasteiger partial charge in [-0.15, -0.1) is 0 Å². The molecule has 0 spiro atoms. The van der Waals surface area contributed by atoms with Crippen molar-refractivity contribution in [3.63, 3.8) is 0 Å². The molecule has 2 aromatic rings. The minimum Gasteiger partial charge on any atom is -0.548 e. The maximum absolute atomic E-state index is 13.7. The molecule has 108 valence electrons. The summed E-state index contributed by atoms with van der Waals surface area (Å²) in [4.78, 5) is 11.2. The average molecular weight is 325 g/mol. The van der Waals surface area contributed by atoms with Crippen LogP contribution in [0, 0.1) is 12.7 Å². The Balaban J connectivity index is 0.00000242. The van der Waals surface area contributed by atoms with Crippen LogP contribution in [-0.2, 0) is 4.79 Å². The number of carbonyl (C=O) groups excluding carboxylic acids is 1. The van der Waals surface area contributed by atoms with Crippen LogP contribution in [0.25, 0.3) is 0 Å². The molecule has 0 bridgehead atoms. The number of rotatable bonds is 4. The molecule has 2 aromatic carbocycles. The van der Waals surface area contributed by atoms with Crippen LogP contribution in [0.5, 0.6) is 0 Å². The summed E-state index contributed by atoms with van der Waals surface area (Å²) < 4.78 is 13.7. The van der Waals surface area contributed by atoms with E-state index in [4.69, 9.17) is 18.0 Å². The SMILES string of the molecule is Cc1ccc(C(=S)c2cc(F)cc(C(N)C(=O)[O-])c2)cc1.[Na+]. The van der Waals surface area contributed by atoms with Crippen LogP contribution in [0.3, 0.4) is 0 Å². The monoisotopic (exact) mass is 325 g/mol. The van der Waals surface area contributed by atoms with Crippen molar-refractivity contribution in [2.75, 3.05) is 0 Å². The quantitative estimate of drug-likeness (QED) is 0.429. The number of hydrogen-bond acceptors (Lipinski definition) is 4. The Kier molecular flexibility index (Phi) is 6.84. The summed E-state index contributed by atoms with van der Waals surface area (Å²) >= 11 is 5.33. The molecule has 0 saturated carbocycles. The summed E-state index contributed by atoms with van der Waals surface area (Å²) in [6.07, 6.45) is 0. The third kappa shape index (κ3) is 4.44. The van der Waals surface area contributed by atoms with Gasteiger partial charge in [0.2, 0.25) is 0 Å². The van der Waals surface area contributed by atoms with Crippen molar-refractivity contribution in [2.24, 2.45) is 5.73 Å². The fraction of sp³-hybridized carbons (Fsp3) is 0.125. The number of benzene rings is 2. The summed E-state index contributed by atoms with van der Waals surface area (Å²) in [6.45, 7) is 1.95. The number of carbonyl (C=O) groups is 1. The van der Waals surface area contributed by atoms with Crippen LogP contribution >= 0.6 is 12.2 Å². The van der Waals surface area contributed by atoms with Gasteiger partial charge in [-0.25, -0.2) is 4.39 Å². The molecule has 0 aliphatic carbocycles. The molecular weight excluding hydrogens is 312 g/mol. The van der Waals surface area contributed by atoms with Gasteiger partial charge in [-0.1, -0.05) is 42.0 Å². The van der Waals surface area contributed by atoms with Crippen molar-refractivity contribution < 1.29 is 43.8 Å². The van der Waals surface area contributed by atoms with Crippen LogP contribution in [0.1, 0.15) is 28.3 Å². The van der Waals surface area contributed by atoms with Crippen LogP contribution in [0.2, 0.25) is 0 Å². The van der Waals surface area contributed by atoms with Gasteiger partial charge in [0.25, 0.3) is 0 Å². The first-order valence-corrected chi connectivity index (χ1v) is 6.67. The predicted molar refractivity (Wildman–Crippen MR) is 80.3 cm³/mol. The van der Waals surface area contributed by atoms with Crippen LogP contribution in [0.4, 0.5) is 4.39 Å². The van der Waals surface area contributed by atoms with Gasteiger partial charge < -0.3 is 15.6 Å². The second kappa shape index (κ2) is 7.94. The van der Waals surface area contributed by atoms with E-state index in [1.165, 1.54) is 12.1 Å². The van der Waals surface area contributed by atoms with Gasteiger partial charge in [0, 0.05) is 0 Å². The van der Waals surface area contributed by atoms with Gasteiger partial charge in [-0.05, 0) is 41.8 Å². The largest absolute Gasteiger partial charge is 1.00 e. The number of carboxylic acid groups (broad SMARTS) is 1. The van der Waals surface area contributed by atoms with Crippen LogP contribution < -0.4 is 40.4 Å². The molecule has 0 fully saturated rings. The van der Waals surface area contributed by atoms with Crippen molar-refractivity contribution >= 4 is 23.1 Å². The number of nitrogens with two attached hydrogens (primary N) is 1. The third-order valence-corrected chi connectivity index (χ3v) is 3.58. The van der Waals surface area contributed by atoms with E-state index in [0.29, 0.717) is 10.4 Å². The molecule has 6 heteroatoms. The zero-order chi connectivity index (χ0) is 15.6. The van der Waals surface area contributed by atoms with E-state index in [1.54, 1.807) is 0 Å². The Morgan fingerprint density at radius 2 is 1.77 bits per heavy atom. The zero-order valence-electron chi connectivity index (χ0n) is 12.3. The smallest absolute Gasteiger partial charge is 0.548 e. The van der Waals surface area contributed by atoms with Gasteiger partial charge >= 0.3 is 29.6 Å². The van der Waals surface area contributed by atoms with Gasteiger partial charge in [0.05, 0.1) is 16.9 Å². The Morgan fingerprint density at radius 3 is 2.32 bits per heavy atom. The number of thiocarbonyl (C=S) groups is 1. The maximum Gasteiger partial charge on any atom is 1.00 e. The van der Waals surface area contributed by atoms with Crippen molar-refractivity contribution in [3.8, 4) is 0 Å². The van der Waals surface area contributed by atoms with E-state index in [2.05, 4.69) is 0 Å². The maximum atomic E-state index is 13.7. The van der Waals surface area contributed by atoms with Crippen molar-refractivity contribution in [3.05, 3.63) is 70.5 Å². The number of carboxylic acids is 1. The van der Waals surface area contributed by atoms with Crippen LogP contribution in [-0.4, -0.2) is 10.8 Å². The summed E-state index contributed by atoms with van der Waals surface area (Å²) in [7, 11) is 0. The number of hydrogen-bond donors (Lipinski definition) is 1. The number of aryl methyl sites for hydroxylation is 1. The molecule has 0 aliphatic heterocycles. The van der Waals surface area contributed by atoms with Gasteiger partial charge in [0.15, 0.2) is 0 Å². The molecule has 1 atom stereocenters. The van der Waals surface area contributed by atoms with Crippen molar-refractivity contribution in [2.45, 2.75) is 13.0 Å². The Bertz CT molecular complexity index is 704. The van der Waals surface area contributed by atoms with E-state index in [0.717, 1.165) is 17.2 Å². The molecule has 2 rings (SSSR count). The molecular formula is C16H13FNNaO2S. The number of aliphatic carboxylic acids is 1. The Hall–Kier alpha value is -1.11. The van der Waals surface area contributed by atoms with Gasteiger partial charge in [-0.2, -0.15) is 0 Å². The minimum atomic E-state index is -1.46. The second-order valence-corrected chi connectivity index (χ2v) is 5.17. The minimum absolute atomic E-state index is 0. The molecule has 0 amide bonds. The first-order valence-electron chi connectivity index (χ1n) is 6.27. The van der Waals surface area contributed by atoms with Gasteiger partial charge in [-0.3, -0.25) is 0 Å². The first kappa shape index (κ1) is 18.9. The summed E-state index contributed by atoms with van der Waals surface area (Å²) in [6, 6.07) is 9.88. The fourth-order valence-corrected chi connectivity index (χ4v) is 2.18. The molecule has 0 radical (unpaired) electrons. The third-order valence-electron chi connectivity index (χ3n) is 3.11. The second-order valence-electron chi connectivity index (χ2n) is 4.77. The molecule has 3 nitrogen and oxygen atoms in total. The molecule has 22 heavy (non-hydrogen) atoms. The standard InChI is InChI=1S/C16H14FNO2S.Na/c1-9-2-4-10(5-3-9)15(21)12-6-11(7-13(17)8-12)14(18)16(19)20;/h2-8,14H,18H2,1H3,(H,19,20);/q;+1/p-1. The molecule has 2 N–H and O–H groups in total. The molecule has 1 unspecified atom stereocenters. The van der Waals surface area contributed by atoms with Gasteiger partial charge in [0.1, 0.15) is 5.82 Å². The van der Waals surface area contributed by atoms with E-state index in [9.17, 15) is 14.3 Å². The van der Waals surface area contributed by atoms with E-state index < -0.39 is 17.8 Å². The molecule has 0 aliphatic rings. The summed E-state index contributed by atoms with van der Waals surface area (Å²) in [5.41, 5.74) is 7.85. The molecule has 0 saturated heterocycles.